The smallest absolute Gasteiger partial charge is 0.341 e. The normalized spacial score (nSPS) is 14.7. The predicted octanol–water partition coefficient (Wildman–Crippen LogP) is 4.80. The average Bonchev–Trinajstić information content (AvgIpc) is 3.49. The third kappa shape index (κ3) is 7.71. The molecule has 1 unspecified atom stereocenters. The van der Waals surface area contributed by atoms with Gasteiger partial charge in [0.25, 0.3) is 0 Å². The molecular formula is C30H39N5O5S2. The summed E-state index contributed by atoms with van der Waals surface area (Å²) >= 11 is 2.72. The molecular weight excluding hydrogens is 574 g/mol. The first kappa shape index (κ1) is 31.6. The van der Waals surface area contributed by atoms with E-state index in [-0.39, 0.29) is 48.5 Å². The second kappa shape index (κ2) is 13.7. The molecule has 0 fully saturated rings. The van der Waals surface area contributed by atoms with E-state index in [0.717, 1.165) is 41.0 Å². The van der Waals surface area contributed by atoms with Gasteiger partial charge in [-0.2, -0.15) is 0 Å². The Kier molecular flexibility index (Phi) is 10.3. The number of hydrogen-bond acceptors (Lipinski definition) is 9. The Bertz CT molecular complexity index is 1420. The van der Waals surface area contributed by atoms with Crippen LogP contribution in [0.15, 0.2) is 29.4 Å². The number of methoxy groups -OCH3 is 1. The van der Waals surface area contributed by atoms with E-state index in [1.54, 1.807) is 25.6 Å². The van der Waals surface area contributed by atoms with Crippen LogP contribution >= 0.6 is 23.1 Å². The Morgan fingerprint density at radius 1 is 1.14 bits per heavy atom. The topological polar surface area (TPSA) is 124 Å². The van der Waals surface area contributed by atoms with E-state index in [0.29, 0.717) is 27.5 Å². The van der Waals surface area contributed by atoms with Gasteiger partial charge in [-0.3, -0.25) is 9.59 Å². The molecule has 1 aliphatic carbocycles. The lowest BCUT2D eigenvalue weighted by molar-refractivity contribution is -0.120. The molecule has 2 heterocycles. The molecule has 1 aliphatic rings. The Morgan fingerprint density at radius 2 is 1.88 bits per heavy atom. The highest BCUT2D eigenvalue weighted by atomic mass is 32.2. The van der Waals surface area contributed by atoms with Crippen molar-refractivity contribution < 1.29 is 23.9 Å². The van der Waals surface area contributed by atoms with Gasteiger partial charge in [-0.1, -0.05) is 44.7 Å². The SMILES string of the molecule is CCOC(=O)c1c(NC(=O)CSc2nnc(CNC(=O)Cc3ccc(OC)cc3)n2C)sc2c1CCC(C(C)(C)C)C2. The molecule has 42 heavy (non-hydrogen) atoms. The lowest BCUT2D eigenvalue weighted by Crippen LogP contribution is -2.26. The van der Waals surface area contributed by atoms with Gasteiger partial charge in [0.1, 0.15) is 10.8 Å². The van der Waals surface area contributed by atoms with Crippen LogP contribution in [0, 0.1) is 11.3 Å². The van der Waals surface area contributed by atoms with E-state index in [9.17, 15) is 14.4 Å². The van der Waals surface area contributed by atoms with E-state index in [1.165, 1.54) is 23.1 Å². The minimum absolute atomic E-state index is 0.0885. The fourth-order valence-electron chi connectivity index (χ4n) is 4.92. The maximum atomic E-state index is 13.0. The number of anilines is 1. The fourth-order valence-corrected chi connectivity index (χ4v) is 6.98. The van der Waals surface area contributed by atoms with E-state index in [2.05, 4.69) is 41.6 Å². The van der Waals surface area contributed by atoms with Crippen molar-refractivity contribution in [3.63, 3.8) is 0 Å². The van der Waals surface area contributed by atoms with Crippen LogP contribution in [0.1, 0.15) is 66.3 Å². The lowest BCUT2D eigenvalue weighted by Gasteiger charge is -2.33. The zero-order valence-corrected chi connectivity index (χ0v) is 26.7. The monoisotopic (exact) mass is 613 g/mol. The number of thioether (sulfide) groups is 1. The van der Waals surface area contributed by atoms with E-state index in [4.69, 9.17) is 9.47 Å². The van der Waals surface area contributed by atoms with Crippen LogP contribution in [-0.2, 0) is 47.2 Å². The minimum Gasteiger partial charge on any atom is -0.497 e. The molecule has 0 spiro atoms. The van der Waals surface area contributed by atoms with E-state index < -0.39 is 0 Å². The number of hydrogen-bond donors (Lipinski definition) is 2. The van der Waals surface area contributed by atoms with Crippen molar-refractivity contribution in [1.82, 2.24) is 20.1 Å². The van der Waals surface area contributed by atoms with Crippen LogP contribution in [0.5, 0.6) is 5.75 Å². The number of fused-ring (bicyclic) bond motifs is 1. The lowest BCUT2D eigenvalue weighted by atomic mass is 9.72. The van der Waals surface area contributed by atoms with Gasteiger partial charge < -0.3 is 24.7 Å². The van der Waals surface area contributed by atoms with Crippen molar-refractivity contribution in [1.29, 1.82) is 0 Å². The van der Waals surface area contributed by atoms with Crippen LogP contribution in [-0.4, -0.2) is 52.0 Å². The summed E-state index contributed by atoms with van der Waals surface area (Å²) in [6.45, 7) is 9.01. The van der Waals surface area contributed by atoms with E-state index in [1.807, 2.05) is 24.3 Å². The molecule has 0 aliphatic heterocycles. The van der Waals surface area contributed by atoms with Gasteiger partial charge in [0.05, 0.1) is 38.0 Å². The zero-order chi connectivity index (χ0) is 30.4. The number of benzene rings is 1. The number of rotatable bonds is 11. The molecule has 2 aromatic heterocycles. The van der Waals surface area contributed by atoms with Crippen molar-refractivity contribution in [2.75, 3.05) is 24.8 Å². The van der Waals surface area contributed by atoms with Gasteiger partial charge in [0, 0.05) is 11.9 Å². The first-order valence-corrected chi connectivity index (χ1v) is 15.8. The third-order valence-electron chi connectivity index (χ3n) is 7.45. The number of nitrogens with one attached hydrogen (secondary N) is 2. The second-order valence-corrected chi connectivity index (χ2v) is 13.4. The molecule has 0 radical (unpaired) electrons. The first-order chi connectivity index (χ1) is 20.0. The molecule has 4 rings (SSSR count). The van der Waals surface area contributed by atoms with E-state index >= 15 is 0 Å². The summed E-state index contributed by atoms with van der Waals surface area (Å²) in [6.07, 6.45) is 2.92. The van der Waals surface area contributed by atoms with Gasteiger partial charge in [-0.05, 0) is 60.8 Å². The van der Waals surface area contributed by atoms with Crippen LogP contribution < -0.4 is 15.4 Å². The highest BCUT2D eigenvalue weighted by molar-refractivity contribution is 7.99. The van der Waals surface area contributed by atoms with Crippen molar-refractivity contribution in [3.8, 4) is 5.75 Å². The number of thiophene rings is 1. The Balaban J connectivity index is 1.34. The quantitative estimate of drug-likeness (QED) is 0.233. The number of carbonyl (C=O) groups is 3. The summed E-state index contributed by atoms with van der Waals surface area (Å²) in [5.74, 6) is 1.14. The highest BCUT2D eigenvalue weighted by Gasteiger charge is 2.34. The Labute approximate surface area is 255 Å². The van der Waals surface area contributed by atoms with Crippen LogP contribution in [0.3, 0.4) is 0 Å². The van der Waals surface area contributed by atoms with Gasteiger partial charge in [0.2, 0.25) is 11.8 Å². The summed E-state index contributed by atoms with van der Waals surface area (Å²) in [4.78, 5) is 39.5. The molecule has 2 amide bonds. The van der Waals surface area contributed by atoms with Gasteiger partial charge in [0.15, 0.2) is 11.0 Å². The molecule has 3 aromatic rings. The standard InChI is InChI=1S/C30H39N5O5S2/c1-7-40-28(38)26-21-13-10-19(30(2,3)4)15-22(21)42-27(26)32-25(37)17-41-29-34-33-23(35(29)5)16-31-24(36)14-18-8-11-20(39-6)12-9-18/h8-9,11-12,19H,7,10,13-17H2,1-6H3,(H,31,36)(H,32,37). The van der Waals surface area contributed by atoms with Crippen molar-refractivity contribution in [3.05, 3.63) is 51.7 Å². The molecule has 10 nitrogen and oxygen atoms in total. The van der Waals surface area contributed by atoms with Gasteiger partial charge in [-0.25, -0.2) is 4.79 Å². The molecule has 1 aromatic carbocycles. The van der Waals surface area contributed by atoms with Gasteiger partial charge >= 0.3 is 5.97 Å². The third-order valence-corrected chi connectivity index (χ3v) is 9.64. The maximum absolute atomic E-state index is 13.0. The molecule has 1 atom stereocenters. The zero-order valence-electron chi connectivity index (χ0n) is 25.0. The largest absolute Gasteiger partial charge is 0.497 e. The number of aromatic nitrogens is 3. The Hall–Kier alpha value is -3.38. The molecule has 0 bridgehead atoms. The fraction of sp³-hybridized carbons (Fsp3) is 0.500. The van der Waals surface area contributed by atoms with Crippen molar-refractivity contribution >= 4 is 45.9 Å². The second-order valence-electron chi connectivity index (χ2n) is 11.3. The summed E-state index contributed by atoms with van der Waals surface area (Å²) in [7, 11) is 3.39. The van der Waals surface area contributed by atoms with Crippen molar-refractivity contribution in [2.45, 2.75) is 65.1 Å². The van der Waals surface area contributed by atoms with Crippen LogP contribution in [0.25, 0.3) is 0 Å². The first-order valence-electron chi connectivity index (χ1n) is 14.0. The number of amides is 2. The van der Waals surface area contributed by atoms with Gasteiger partial charge in [-0.15, -0.1) is 21.5 Å². The van der Waals surface area contributed by atoms with Crippen molar-refractivity contribution in [2.24, 2.45) is 18.4 Å². The average molecular weight is 614 g/mol. The number of ether oxygens (including phenoxy) is 2. The number of esters is 1. The van der Waals surface area contributed by atoms with Crippen LogP contribution in [0.4, 0.5) is 5.00 Å². The predicted molar refractivity (Wildman–Crippen MR) is 164 cm³/mol. The van der Waals surface area contributed by atoms with Crippen LogP contribution in [0.2, 0.25) is 0 Å². The highest BCUT2D eigenvalue weighted by Crippen LogP contribution is 2.44. The minimum atomic E-state index is -0.390. The Morgan fingerprint density at radius 3 is 2.55 bits per heavy atom. The molecule has 226 valence electrons. The molecule has 2 N–H and O–H groups in total. The molecule has 12 heteroatoms. The number of carbonyl (C=O) groups excluding carboxylic acids is 3. The summed E-state index contributed by atoms with van der Waals surface area (Å²) in [5.41, 5.74) is 2.54. The summed E-state index contributed by atoms with van der Waals surface area (Å²) < 4.78 is 12.3. The summed E-state index contributed by atoms with van der Waals surface area (Å²) in [6, 6.07) is 7.34. The molecule has 0 saturated heterocycles. The number of nitrogens with zero attached hydrogens (tertiary/aromatic N) is 3. The molecule has 0 saturated carbocycles. The maximum Gasteiger partial charge on any atom is 0.341 e. The summed E-state index contributed by atoms with van der Waals surface area (Å²) in [5, 5.41) is 15.3.